The van der Waals surface area contributed by atoms with Gasteiger partial charge in [0.1, 0.15) is 0 Å². The fourth-order valence-corrected chi connectivity index (χ4v) is 5.53. The summed E-state index contributed by atoms with van der Waals surface area (Å²) in [7, 11) is -7.86. The molecule has 0 aliphatic rings. The van der Waals surface area contributed by atoms with Crippen LogP contribution in [0.25, 0.3) is 0 Å². The molecule has 0 bridgehead atoms. The molecule has 2 atom stereocenters. The van der Waals surface area contributed by atoms with Crippen molar-refractivity contribution in [3.63, 3.8) is 0 Å². The summed E-state index contributed by atoms with van der Waals surface area (Å²) >= 11 is 0. The molecule has 0 saturated heterocycles. The molecular weight excluding hydrogens is 282 g/mol. The first-order valence-corrected chi connectivity index (χ1v) is 8.69. The monoisotopic (exact) mass is 296 g/mol. The quantitative estimate of drug-likeness (QED) is 0.503. The minimum absolute atomic E-state index is 0.723. The van der Waals surface area contributed by atoms with E-state index < -0.39 is 31.3 Å². The lowest BCUT2D eigenvalue weighted by molar-refractivity contribution is 0.220. The summed E-state index contributed by atoms with van der Waals surface area (Å²) in [5.41, 5.74) is -1.78. The van der Waals surface area contributed by atoms with Gasteiger partial charge in [-0.3, -0.25) is 9.13 Å². The fourth-order valence-electron chi connectivity index (χ4n) is 0.753. The van der Waals surface area contributed by atoms with Crippen molar-refractivity contribution in [2.75, 3.05) is 27.6 Å². The minimum atomic E-state index is -3.97. The Morgan fingerprint density at radius 1 is 1.19 bits per heavy atom. The highest BCUT2D eigenvalue weighted by molar-refractivity contribution is 7.86. The Balaban J connectivity index is 5.25. The van der Waals surface area contributed by atoms with Crippen molar-refractivity contribution in [3.05, 3.63) is 0 Å². The molecule has 0 amide bonds. The summed E-state index contributed by atoms with van der Waals surface area (Å²) in [6.07, 6.45) is 0.723. The molecular formula is C5H14O8P2S. The lowest BCUT2D eigenvalue weighted by Crippen LogP contribution is -2.16. The maximum atomic E-state index is 11.8. The smallest absolute Gasteiger partial charge is 0.332 e. The van der Waals surface area contributed by atoms with Crippen LogP contribution in [0.4, 0.5) is 0 Å². The van der Waals surface area contributed by atoms with E-state index in [2.05, 4.69) is 17.8 Å². The molecule has 0 aromatic carbocycles. The molecule has 0 saturated carbocycles. The second-order valence-electron chi connectivity index (χ2n) is 2.58. The van der Waals surface area contributed by atoms with Crippen LogP contribution in [0.3, 0.4) is 0 Å². The van der Waals surface area contributed by atoms with Gasteiger partial charge in [-0.2, -0.15) is 8.42 Å². The van der Waals surface area contributed by atoms with E-state index in [1.807, 2.05) is 0 Å². The first-order valence-electron chi connectivity index (χ1n) is 3.87. The summed E-state index contributed by atoms with van der Waals surface area (Å²) < 4.78 is 62.9. The molecule has 0 fully saturated rings. The maximum absolute atomic E-state index is 11.8. The summed E-state index contributed by atoms with van der Waals surface area (Å²) in [6, 6.07) is 0. The molecule has 0 spiro atoms. The molecule has 0 aliphatic carbocycles. The van der Waals surface area contributed by atoms with Crippen LogP contribution in [0.1, 0.15) is 0 Å². The average Bonchev–Trinajstić information content (AvgIpc) is 2.22. The normalized spacial score (nSPS) is 17.0. The number of hydrogen-bond acceptors (Lipinski definition) is 8. The Morgan fingerprint density at radius 3 is 1.88 bits per heavy atom. The zero-order chi connectivity index (χ0) is 13.0. The average molecular weight is 296 g/mol. The summed E-state index contributed by atoms with van der Waals surface area (Å²) in [4.78, 5) is 0. The first-order chi connectivity index (χ1) is 7.20. The topological polar surface area (TPSA) is 105 Å². The van der Waals surface area contributed by atoms with Crippen LogP contribution in [0.15, 0.2) is 0 Å². The number of hydrogen-bond donors (Lipinski definition) is 0. The van der Waals surface area contributed by atoms with Gasteiger partial charge in [0.15, 0.2) is 0 Å². The third-order valence-corrected chi connectivity index (χ3v) is 6.52. The van der Waals surface area contributed by atoms with Gasteiger partial charge in [-0.25, -0.2) is 4.18 Å². The van der Waals surface area contributed by atoms with Gasteiger partial charge in [-0.1, -0.05) is 0 Å². The van der Waals surface area contributed by atoms with Crippen molar-refractivity contribution in [1.82, 2.24) is 0 Å². The van der Waals surface area contributed by atoms with Gasteiger partial charge in [0.2, 0.25) is 8.03 Å². The molecule has 2 unspecified atom stereocenters. The molecule has 0 radical (unpaired) electrons. The van der Waals surface area contributed by atoms with E-state index in [1.54, 1.807) is 0 Å². The Morgan fingerprint density at radius 2 is 1.62 bits per heavy atom. The zero-order valence-electron chi connectivity index (χ0n) is 9.20. The van der Waals surface area contributed by atoms with Crippen LogP contribution in [0.5, 0.6) is 0 Å². The Hall–Kier alpha value is 0.250. The molecule has 11 heteroatoms. The number of rotatable bonds is 7. The van der Waals surface area contributed by atoms with Crippen molar-refractivity contribution in [2.45, 2.75) is 5.59 Å². The van der Waals surface area contributed by atoms with E-state index in [0.29, 0.717) is 0 Å². The van der Waals surface area contributed by atoms with Crippen LogP contribution >= 0.6 is 15.6 Å². The van der Waals surface area contributed by atoms with Crippen LogP contribution in [0, 0.1) is 0 Å². The maximum Gasteiger partial charge on any atom is 0.369 e. The lowest BCUT2D eigenvalue weighted by atomic mass is 11.7. The van der Waals surface area contributed by atoms with Crippen molar-refractivity contribution in [1.29, 1.82) is 0 Å². The SMILES string of the molecule is CO[PH](=O)C(OS(C)(=O)=O)P(=O)(OC)OC. The summed E-state index contributed by atoms with van der Waals surface area (Å²) in [5.74, 6) is 0. The van der Waals surface area contributed by atoms with Crippen LogP contribution in [-0.2, 0) is 37.0 Å². The molecule has 16 heavy (non-hydrogen) atoms. The van der Waals surface area contributed by atoms with Crippen molar-refractivity contribution in [3.8, 4) is 0 Å². The molecule has 8 nitrogen and oxygen atoms in total. The largest absolute Gasteiger partial charge is 0.369 e. The van der Waals surface area contributed by atoms with Crippen LogP contribution < -0.4 is 0 Å². The second kappa shape index (κ2) is 6.26. The standard InChI is InChI=1S/C5H14O8P2S/c1-10-14(6)5(13-16(4,8)9)15(7,11-2)12-3/h5,14H,1-4H3. The second-order valence-corrected chi connectivity index (χ2v) is 8.52. The van der Waals surface area contributed by atoms with E-state index >= 15 is 0 Å². The molecule has 0 rings (SSSR count). The van der Waals surface area contributed by atoms with Crippen molar-refractivity contribution >= 4 is 25.7 Å². The van der Waals surface area contributed by atoms with Crippen LogP contribution in [0.2, 0.25) is 0 Å². The van der Waals surface area contributed by atoms with E-state index in [4.69, 9.17) is 0 Å². The summed E-state index contributed by atoms with van der Waals surface area (Å²) in [5, 5.41) is 0. The minimum Gasteiger partial charge on any atom is -0.332 e. The third-order valence-electron chi connectivity index (χ3n) is 1.46. The highest BCUT2D eigenvalue weighted by Crippen LogP contribution is 2.61. The predicted molar refractivity (Wildman–Crippen MR) is 57.4 cm³/mol. The van der Waals surface area contributed by atoms with Gasteiger partial charge in [-0.15, -0.1) is 0 Å². The highest BCUT2D eigenvalue weighted by Gasteiger charge is 2.42. The van der Waals surface area contributed by atoms with Crippen molar-refractivity contribution < 1.29 is 35.3 Å². The van der Waals surface area contributed by atoms with Crippen LogP contribution in [-0.4, -0.2) is 41.6 Å². The van der Waals surface area contributed by atoms with Gasteiger partial charge >= 0.3 is 7.60 Å². The lowest BCUT2D eigenvalue weighted by Gasteiger charge is -2.21. The van der Waals surface area contributed by atoms with E-state index in [9.17, 15) is 17.5 Å². The van der Waals surface area contributed by atoms with Crippen molar-refractivity contribution in [2.24, 2.45) is 0 Å². The molecule has 0 aromatic rings. The van der Waals surface area contributed by atoms with E-state index in [1.165, 1.54) is 0 Å². The van der Waals surface area contributed by atoms with Gasteiger partial charge in [-0.05, 0) is 0 Å². The van der Waals surface area contributed by atoms with Gasteiger partial charge in [0.05, 0.1) is 6.26 Å². The molecule has 0 aromatic heterocycles. The van der Waals surface area contributed by atoms with Gasteiger partial charge in [0, 0.05) is 21.3 Å². The van der Waals surface area contributed by atoms with E-state index in [0.717, 1.165) is 27.6 Å². The third kappa shape index (κ3) is 4.63. The Bertz CT molecular complexity index is 381. The molecule has 0 aliphatic heterocycles. The molecule has 98 valence electrons. The molecule has 0 heterocycles. The fraction of sp³-hybridized carbons (Fsp3) is 1.00. The predicted octanol–water partition coefficient (Wildman–Crippen LogP) is 0.853. The highest BCUT2D eigenvalue weighted by atomic mass is 32.2. The van der Waals surface area contributed by atoms with Gasteiger partial charge < -0.3 is 13.6 Å². The van der Waals surface area contributed by atoms with E-state index in [-0.39, 0.29) is 0 Å². The first kappa shape index (κ1) is 16.2. The van der Waals surface area contributed by atoms with Gasteiger partial charge in [0.25, 0.3) is 15.7 Å². The molecule has 0 N–H and O–H groups in total. The Labute approximate surface area is 94.7 Å². The Kier molecular flexibility index (Phi) is 6.35. The zero-order valence-corrected chi connectivity index (χ0v) is 11.9. The summed E-state index contributed by atoms with van der Waals surface area (Å²) in [6.45, 7) is 0.